The van der Waals surface area contributed by atoms with Gasteiger partial charge in [0, 0.05) is 24.2 Å². The van der Waals surface area contributed by atoms with Crippen molar-refractivity contribution in [3.05, 3.63) is 27.7 Å². The van der Waals surface area contributed by atoms with Crippen molar-refractivity contribution in [3.63, 3.8) is 0 Å². The van der Waals surface area contributed by atoms with Crippen LogP contribution in [0.4, 0.5) is 0 Å². The van der Waals surface area contributed by atoms with Gasteiger partial charge in [-0.3, -0.25) is 0 Å². The van der Waals surface area contributed by atoms with Crippen LogP contribution in [0.5, 0.6) is 0 Å². The van der Waals surface area contributed by atoms with Crippen LogP contribution >= 0.6 is 23.2 Å². The van der Waals surface area contributed by atoms with Gasteiger partial charge in [0.15, 0.2) is 0 Å². The second-order valence-corrected chi connectivity index (χ2v) is 7.54. The Balaban J connectivity index is 3.03. The SMILES string of the molecule is CC(C)OCCN(C)S(=O)(=O)c1ccc(Cl)c(CO)c1Cl. The minimum absolute atomic E-state index is 0.0289. The van der Waals surface area contributed by atoms with E-state index < -0.39 is 16.6 Å². The predicted molar refractivity (Wildman–Crippen MR) is 83.3 cm³/mol. The molecule has 0 fully saturated rings. The third-order valence-corrected chi connectivity index (χ3v) is 5.65. The first-order valence-corrected chi connectivity index (χ1v) is 8.57. The highest BCUT2D eigenvalue weighted by molar-refractivity contribution is 7.89. The highest BCUT2D eigenvalue weighted by atomic mass is 35.5. The van der Waals surface area contributed by atoms with Crippen molar-refractivity contribution >= 4 is 33.2 Å². The molecule has 120 valence electrons. The third kappa shape index (κ3) is 4.55. The maximum absolute atomic E-state index is 12.5. The fourth-order valence-electron chi connectivity index (χ4n) is 1.63. The number of sulfonamides is 1. The van der Waals surface area contributed by atoms with E-state index in [4.69, 9.17) is 27.9 Å². The van der Waals surface area contributed by atoms with Crippen molar-refractivity contribution in [1.29, 1.82) is 0 Å². The summed E-state index contributed by atoms with van der Waals surface area (Å²) in [6.45, 7) is 3.80. The van der Waals surface area contributed by atoms with Gasteiger partial charge in [0.2, 0.25) is 10.0 Å². The summed E-state index contributed by atoms with van der Waals surface area (Å²) in [5.74, 6) is 0. The minimum Gasteiger partial charge on any atom is -0.392 e. The molecule has 0 atom stereocenters. The van der Waals surface area contributed by atoms with E-state index in [9.17, 15) is 13.5 Å². The minimum atomic E-state index is -3.77. The summed E-state index contributed by atoms with van der Waals surface area (Å²) < 4.78 is 31.4. The number of ether oxygens (including phenoxy) is 1. The molecule has 0 unspecified atom stereocenters. The van der Waals surface area contributed by atoms with E-state index in [0.717, 1.165) is 4.31 Å². The lowest BCUT2D eigenvalue weighted by Crippen LogP contribution is -2.31. The van der Waals surface area contributed by atoms with Crippen LogP contribution in [0.25, 0.3) is 0 Å². The Bertz CT molecular complexity index is 590. The summed E-state index contributed by atoms with van der Waals surface area (Å²) in [5, 5.41) is 9.41. The van der Waals surface area contributed by atoms with E-state index in [0.29, 0.717) is 0 Å². The van der Waals surface area contributed by atoms with Crippen LogP contribution < -0.4 is 0 Å². The number of benzene rings is 1. The number of hydrogen-bond acceptors (Lipinski definition) is 4. The summed E-state index contributed by atoms with van der Waals surface area (Å²) in [5.41, 5.74) is 0.200. The van der Waals surface area contributed by atoms with Gasteiger partial charge >= 0.3 is 0 Å². The topological polar surface area (TPSA) is 66.8 Å². The number of hydrogen-bond donors (Lipinski definition) is 1. The summed E-state index contributed by atoms with van der Waals surface area (Å²) in [6, 6.07) is 2.74. The van der Waals surface area contributed by atoms with Crippen LogP contribution in [-0.2, 0) is 21.4 Å². The molecule has 1 rings (SSSR count). The molecular weight excluding hydrogens is 337 g/mol. The molecule has 0 radical (unpaired) electrons. The summed E-state index contributed by atoms with van der Waals surface area (Å²) in [6.07, 6.45) is 0.0289. The fraction of sp³-hybridized carbons (Fsp3) is 0.538. The van der Waals surface area contributed by atoms with Gasteiger partial charge in [-0.15, -0.1) is 0 Å². The van der Waals surface area contributed by atoms with Crippen LogP contribution in [0.3, 0.4) is 0 Å². The zero-order chi connectivity index (χ0) is 16.2. The molecular formula is C13H19Cl2NO4S. The largest absolute Gasteiger partial charge is 0.392 e. The van der Waals surface area contributed by atoms with Crippen molar-refractivity contribution in [2.75, 3.05) is 20.2 Å². The van der Waals surface area contributed by atoms with E-state index in [1.54, 1.807) is 0 Å². The number of halogens is 2. The maximum Gasteiger partial charge on any atom is 0.244 e. The number of likely N-dealkylation sites (N-methyl/N-ethyl adjacent to an activating group) is 1. The van der Waals surface area contributed by atoms with Gasteiger partial charge in [0.25, 0.3) is 0 Å². The molecule has 0 bridgehead atoms. The summed E-state index contributed by atoms with van der Waals surface area (Å²) in [4.78, 5) is -0.0790. The van der Waals surface area contributed by atoms with Crippen LogP contribution in [0, 0.1) is 0 Å². The maximum atomic E-state index is 12.5. The molecule has 0 aromatic heterocycles. The Morgan fingerprint density at radius 1 is 1.33 bits per heavy atom. The Hall–Kier alpha value is -0.370. The highest BCUT2D eigenvalue weighted by Gasteiger charge is 2.25. The molecule has 0 saturated heterocycles. The van der Waals surface area contributed by atoms with Gasteiger partial charge in [-0.25, -0.2) is 8.42 Å². The summed E-state index contributed by atoms with van der Waals surface area (Å²) in [7, 11) is -2.32. The van der Waals surface area contributed by atoms with Crippen molar-refractivity contribution in [1.82, 2.24) is 4.31 Å². The number of rotatable bonds is 7. The monoisotopic (exact) mass is 355 g/mol. The van der Waals surface area contributed by atoms with Crippen LogP contribution in [0.15, 0.2) is 17.0 Å². The van der Waals surface area contributed by atoms with Gasteiger partial charge < -0.3 is 9.84 Å². The van der Waals surface area contributed by atoms with Crippen molar-refractivity contribution in [2.24, 2.45) is 0 Å². The van der Waals surface area contributed by atoms with Crippen LogP contribution in [0.1, 0.15) is 19.4 Å². The quantitative estimate of drug-likeness (QED) is 0.815. The van der Waals surface area contributed by atoms with Gasteiger partial charge in [-0.05, 0) is 26.0 Å². The molecule has 0 aliphatic carbocycles. The molecule has 1 aromatic rings. The van der Waals surface area contributed by atoms with Gasteiger partial charge in [-0.2, -0.15) is 4.31 Å². The average Bonchev–Trinajstić information content (AvgIpc) is 2.38. The molecule has 1 N–H and O–H groups in total. The second-order valence-electron chi connectivity index (χ2n) is 4.74. The lowest BCUT2D eigenvalue weighted by molar-refractivity contribution is 0.0737. The normalized spacial score (nSPS) is 12.4. The van der Waals surface area contributed by atoms with Gasteiger partial charge in [0.1, 0.15) is 4.90 Å². The third-order valence-electron chi connectivity index (χ3n) is 2.85. The first-order valence-electron chi connectivity index (χ1n) is 6.37. The smallest absolute Gasteiger partial charge is 0.244 e. The molecule has 8 heteroatoms. The van der Waals surface area contributed by atoms with Crippen molar-refractivity contribution in [3.8, 4) is 0 Å². The molecule has 0 amide bonds. The second kappa shape index (κ2) is 7.76. The Morgan fingerprint density at radius 2 is 1.95 bits per heavy atom. The first-order chi connectivity index (χ1) is 9.71. The molecule has 5 nitrogen and oxygen atoms in total. The zero-order valence-electron chi connectivity index (χ0n) is 12.1. The van der Waals surface area contributed by atoms with E-state index in [1.807, 2.05) is 13.8 Å². The van der Waals surface area contributed by atoms with Crippen LogP contribution in [-0.4, -0.2) is 44.1 Å². The standard InChI is InChI=1S/C13H19Cl2NO4S/c1-9(2)20-7-6-16(3)21(18,19)12-5-4-11(14)10(8-17)13(12)15/h4-5,9,17H,6-8H2,1-3H3. The molecule has 0 spiro atoms. The fourth-order valence-corrected chi connectivity index (χ4v) is 3.65. The lowest BCUT2D eigenvalue weighted by Gasteiger charge is -2.19. The van der Waals surface area contributed by atoms with E-state index in [2.05, 4.69) is 0 Å². The summed E-state index contributed by atoms with van der Waals surface area (Å²) >= 11 is 11.9. The van der Waals surface area contributed by atoms with Crippen molar-refractivity contribution < 1.29 is 18.3 Å². The van der Waals surface area contributed by atoms with Gasteiger partial charge in [0.05, 0.1) is 24.3 Å². The number of aliphatic hydroxyl groups is 1. The predicted octanol–water partition coefficient (Wildman–Crippen LogP) is 2.53. The van der Waals surface area contributed by atoms with E-state index in [1.165, 1.54) is 19.2 Å². The molecule has 0 heterocycles. The zero-order valence-corrected chi connectivity index (χ0v) is 14.5. The number of nitrogens with zero attached hydrogens (tertiary/aromatic N) is 1. The Kier molecular flexibility index (Phi) is 6.90. The first kappa shape index (κ1) is 18.7. The van der Waals surface area contributed by atoms with Crippen LogP contribution in [0.2, 0.25) is 10.0 Å². The Labute approximate surface area is 135 Å². The number of aliphatic hydroxyl groups excluding tert-OH is 1. The highest BCUT2D eigenvalue weighted by Crippen LogP contribution is 2.32. The molecule has 21 heavy (non-hydrogen) atoms. The van der Waals surface area contributed by atoms with E-state index >= 15 is 0 Å². The molecule has 0 aliphatic heterocycles. The van der Waals surface area contributed by atoms with Gasteiger partial charge in [-0.1, -0.05) is 23.2 Å². The molecule has 0 aliphatic rings. The average molecular weight is 356 g/mol. The van der Waals surface area contributed by atoms with E-state index in [-0.39, 0.29) is 39.8 Å². The molecule has 1 aromatic carbocycles. The Morgan fingerprint density at radius 3 is 2.48 bits per heavy atom. The lowest BCUT2D eigenvalue weighted by atomic mass is 10.2. The molecule has 0 saturated carbocycles. The van der Waals surface area contributed by atoms with Crippen molar-refractivity contribution in [2.45, 2.75) is 31.5 Å².